The molecular weight excluding hydrogens is 226 g/mol. The van der Waals surface area contributed by atoms with Crippen molar-refractivity contribution in [2.45, 2.75) is 33.1 Å². The number of carboxylic acids is 1. The molecule has 4 heteroatoms. The number of hydrogen-bond donors (Lipinski definition) is 1. The van der Waals surface area contributed by atoms with Gasteiger partial charge in [-0.25, -0.2) is 8.78 Å². The summed E-state index contributed by atoms with van der Waals surface area (Å²) in [5, 5.41) is 8.71. The molecule has 17 heavy (non-hydrogen) atoms. The Bertz CT molecular complexity index is 414. The van der Waals surface area contributed by atoms with Gasteiger partial charge >= 0.3 is 5.97 Å². The van der Waals surface area contributed by atoms with Gasteiger partial charge in [0.25, 0.3) is 0 Å². The monoisotopic (exact) mass is 242 g/mol. The minimum atomic E-state index is -0.866. The van der Waals surface area contributed by atoms with Crippen molar-refractivity contribution in [2.24, 2.45) is 5.41 Å². The molecule has 0 saturated carbocycles. The molecule has 0 spiro atoms. The molecule has 0 aliphatic carbocycles. The van der Waals surface area contributed by atoms with Gasteiger partial charge in [0.15, 0.2) is 0 Å². The molecule has 0 aromatic heterocycles. The van der Waals surface area contributed by atoms with Crippen LogP contribution in [0, 0.1) is 17.0 Å². The average molecular weight is 242 g/mol. The Hall–Kier alpha value is -1.45. The number of aliphatic carboxylic acids is 1. The minimum Gasteiger partial charge on any atom is -0.481 e. The molecule has 1 N–H and O–H groups in total. The molecule has 0 aliphatic heterocycles. The summed E-state index contributed by atoms with van der Waals surface area (Å²) in [5.41, 5.74) is 0.0250. The van der Waals surface area contributed by atoms with Crippen molar-refractivity contribution in [3.8, 4) is 0 Å². The fraction of sp³-hybridized carbons (Fsp3) is 0.462. The van der Waals surface area contributed by atoms with Crippen molar-refractivity contribution in [3.05, 3.63) is 35.4 Å². The van der Waals surface area contributed by atoms with E-state index < -0.39 is 23.0 Å². The first kappa shape index (κ1) is 13.6. The van der Waals surface area contributed by atoms with Crippen molar-refractivity contribution in [1.82, 2.24) is 0 Å². The van der Waals surface area contributed by atoms with Gasteiger partial charge in [-0.2, -0.15) is 0 Å². The summed E-state index contributed by atoms with van der Waals surface area (Å²) in [6.07, 6.45) is 0.990. The van der Waals surface area contributed by atoms with Crippen LogP contribution in [-0.2, 0) is 11.2 Å². The van der Waals surface area contributed by atoms with Crippen LogP contribution in [0.2, 0.25) is 0 Å². The predicted octanol–water partition coefficient (Wildman–Crippen LogP) is 3.40. The maximum absolute atomic E-state index is 13.3. The third kappa shape index (κ3) is 4.51. The van der Waals surface area contributed by atoms with Gasteiger partial charge in [0.1, 0.15) is 11.6 Å². The summed E-state index contributed by atoms with van der Waals surface area (Å²) in [6.45, 7) is 3.64. The van der Waals surface area contributed by atoms with Crippen molar-refractivity contribution in [2.75, 3.05) is 0 Å². The first-order valence-corrected chi connectivity index (χ1v) is 5.46. The van der Waals surface area contributed by atoms with Crippen LogP contribution >= 0.6 is 0 Å². The van der Waals surface area contributed by atoms with Gasteiger partial charge in [0, 0.05) is 6.07 Å². The molecule has 0 atom stereocenters. The second-order valence-electron chi connectivity index (χ2n) is 4.97. The molecule has 0 bridgehead atoms. The third-order valence-electron chi connectivity index (χ3n) is 2.72. The normalized spacial score (nSPS) is 11.5. The standard InChI is InChI=1S/C13H16F2O2/c1-13(2,8-12(16)17)6-5-9-3-4-10(14)7-11(9)15/h3-4,7H,5-6,8H2,1-2H3,(H,16,17). The van der Waals surface area contributed by atoms with E-state index in [-0.39, 0.29) is 6.42 Å². The Morgan fingerprint density at radius 3 is 2.53 bits per heavy atom. The third-order valence-corrected chi connectivity index (χ3v) is 2.72. The van der Waals surface area contributed by atoms with Crippen LogP contribution < -0.4 is 0 Å². The molecule has 0 amide bonds. The molecule has 0 fully saturated rings. The van der Waals surface area contributed by atoms with E-state index in [0.717, 1.165) is 6.07 Å². The summed E-state index contributed by atoms with van der Waals surface area (Å²) in [7, 11) is 0. The number of halogens is 2. The van der Waals surface area contributed by atoms with Crippen molar-refractivity contribution >= 4 is 5.97 Å². The van der Waals surface area contributed by atoms with Gasteiger partial charge in [0.05, 0.1) is 6.42 Å². The number of benzene rings is 1. The first-order valence-electron chi connectivity index (χ1n) is 5.46. The summed E-state index contributed by atoms with van der Waals surface area (Å²) >= 11 is 0. The van der Waals surface area contributed by atoms with Crippen LogP contribution in [0.5, 0.6) is 0 Å². The molecule has 0 aliphatic rings. The van der Waals surface area contributed by atoms with Gasteiger partial charge in [-0.1, -0.05) is 19.9 Å². The van der Waals surface area contributed by atoms with Crippen LogP contribution in [0.1, 0.15) is 32.3 Å². The van der Waals surface area contributed by atoms with E-state index in [2.05, 4.69) is 0 Å². The van der Waals surface area contributed by atoms with Gasteiger partial charge in [-0.15, -0.1) is 0 Å². The summed E-state index contributed by atoms with van der Waals surface area (Å²) < 4.78 is 26.0. The Labute approximate surface area is 99.3 Å². The zero-order valence-electron chi connectivity index (χ0n) is 9.96. The molecule has 0 radical (unpaired) electrons. The maximum atomic E-state index is 13.3. The predicted molar refractivity (Wildman–Crippen MR) is 60.7 cm³/mol. The largest absolute Gasteiger partial charge is 0.481 e. The quantitative estimate of drug-likeness (QED) is 0.859. The van der Waals surface area contributed by atoms with Crippen LogP contribution in [0.3, 0.4) is 0 Å². The van der Waals surface area contributed by atoms with Crippen LogP contribution in [-0.4, -0.2) is 11.1 Å². The highest BCUT2D eigenvalue weighted by atomic mass is 19.1. The van der Waals surface area contributed by atoms with Crippen LogP contribution in [0.15, 0.2) is 18.2 Å². The fourth-order valence-corrected chi connectivity index (χ4v) is 1.70. The Morgan fingerprint density at radius 2 is 2.00 bits per heavy atom. The van der Waals surface area contributed by atoms with E-state index in [1.807, 2.05) is 13.8 Å². The lowest BCUT2D eigenvalue weighted by molar-refractivity contribution is -0.139. The molecule has 0 heterocycles. The Balaban J connectivity index is 2.64. The fourth-order valence-electron chi connectivity index (χ4n) is 1.70. The zero-order chi connectivity index (χ0) is 13.1. The second kappa shape index (κ2) is 5.25. The van der Waals surface area contributed by atoms with Gasteiger partial charge in [0.2, 0.25) is 0 Å². The summed E-state index contributed by atoms with van der Waals surface area (Å²) in [6, 6.07) is 3.46. The van der Waals surface area contributed by atoms with Gasteiger partial charge in [-0.05, 0) is 29.9 Å². The van der Waals surface area contributed by atoms with Gasteiger partial charge < -0.3 is 5.11 Å². The van der Waals surface area contributed by atoms with E-state index >= 15 is 0 Å². The highest BCUT2D eigenvalue weighted by Crippen LogP contribution is 2.27. The molecule has 0 saturated heterocycles. The van der Waals surface area contributed by atoms with Crippen LogP contribution in [0.4, 0.5) is 8.78 Å². The average Bonchev–Trinajstić information content (AvgIpc) is 2.14. The maximum Gasteiger partial charge on any atom is 0.303 e. The van der Waals surface area contributed by atoms with Crippen LogP contribution in [0.25, 0.3) is 0 Å². The lowest BCUT2D eigenvalue weighted by Gasteiger charge is -2.22. The SMILES string of the molecule is CC(C)(CCc1ccc(F)cc1F)CC(=O)O. The van der Waals surface area contributed by atoms with E-state index in [1.54, 1.807) is 0 Å². The summed E-state index contributed by atoms with van der Waals surface area (Å²) in [4.78, 5) is 10.6. The smallest absolute Gasteiger partial charge is 0.303 e. The number of aryl methyl sites for hydroxylation is 1. The number of hydrogen-bond acceptors (Lipinski definition) is 1. The molecule has 2 nitrogen and oxygen atoms in total. The highest BCUT2D eigenvalue weighted by Gasteiger charge is 2.22. The van der Waals surface area contributed by atoms with E-state index in [4.69, 9.17) is 5.11 Å². The molecule has 1 rings (SSSR count). The van der Waals surface area contributed by atoms with E-state index in [1.165, 1.54) is 12.1 Å². The summed E-state index contributed by atoms with van der Waals surface area (Å²) in [5.74, 6) is -2.04. The van der Waals surface area contributed by atoms with E-state index in [9.17, 15) is 13.6 Å². The lowest BCUT2D eigenvalue weighted by Crippen LogP contribution is -2.17. The van der Waals surface area contributed by atoms with Gasteiger partial charge in [-0.3, -0.25) is 4.79 Å². The topological polar surface area (TPSA) is 37.3 Å². The minimum absolute atomic E-state index is 0.0375. The Kier molecular flexibility index (Phi) is 4.21. The first-order chi connectivity index (χ1) is 7.80. The number of rotatable bonds is 5. The number of carbonyl (C=O) groups is 1. The van der Waals surface area contributed by atoms with Crippen molar-refractivity contribution in [1.29, 1.82) is 0 Å². The molecule has 1 aromatic rings. The zero-order valence-corrected chi connectivity index (χ0v) is 9.96. The molecular formula is C13H16F2O2. The van der Waals surface area contributed by atoms with Crippen molar-refractivity contribution < 1.29 is 18.7 Å². The van der Waals surface area contributed by atoms with Crippen molar-refractivity contribution in [3.63, 3.8) is 0 Å². The second-order valence-corrected chi connectivity index (χ2v) is 4.97. The Morgan fingerprint density at radius 1 is 1.35 bits per heavy atom. The molecule has 94 valence electrons. The number of carboxylic acid groups (broad SMARTS) is 1. The molecule has 0 unspecified atom stereocenters. The lowest BCUT2D eigenvalue weighted by atomic mass is 9.83. The molecule has 1 aromatic carbocycles. The highest BCUT2D eigenvalue weighted by molar-refractivity contribution is 5.67. The van der Waals surface area contributed by atoms with E-state index in [0.29, 0.717) is 18.4 Å².